The third kappa shape index (κ3) is 4.27. The molecule has 1 aromatic rings. The summed E-state index contributed by atoms with van der Waals surface area (Å²) in [7, 11) is 0. The monoisotopic (exact) mass is 321 g/mol. The van der Waals surface area contributed by atoms with E-state index < -0.39 is 0 Å². The van der Waals surface area contributed by atoms with Crippen molar-refractivity contribution in [2.45, 2.75) is 13.0 Å². The predicted molar refractivity (Wildman–Crippen MR) is 85.0 cm³/mol. The smallest absolute Gasteiger partial charge is 0.234 e. The lowest BCUT2D eigenvalue weighted by Crippen LogP contribution is -2.52. The van der Waals surface area contributed by atoms with Gasteiger partial charge >= 0.3 is 0 Å². The standard InChI is InChI=1S/C16H23N3O4/c1-12-9-17-4-6-19(12)10-16(20)18-5-7-21-13-2-3-14-15(8-13)23-11-22-14/h2-3,8,12,17H,4-7,9-11H2,1H3,(H,18,20)/t12-/m1/s1. The van der Waals surface area contributed by atoms with Crippen LogP contribution >= 0.6 is 0 Å². The van der Waals surface area contributed by atoms with Crippen LogP contribution in [0.1, 0.15) is 6.92 Å². The van der Waals surface area contributed by atoms with Crippen molar-refractivity contribution >= 4 is 5.91 Å². The van der Waals surface area contributed by atoms with Gasteiger partial charge in [0, 0.05) is 31.7 Å². The first-order valence-electron chi connectivity index (χ1n) is 7.96. The number of ether oxygens (including phenoxy) is 3. The van der Waals surface area contributed by atoms with Crippen molar-refractivity contribution in [3.8, 4) is 17.2 Å². The number of amides is 1. The number of hydrogen-bond acceptors (Lipinski definition) is 6. The van der Waals surface area contributed by atoms with Gasteiger partial charge < -0.3 is 24.8 Å². The van der Waals surface area contributed by atoms with Crippen LogP contribution in [0, 0.1) is 0 Å². The van der Waals surface area contributed by atoms with Crippen molar-refractivity contribution in [2.24, 2.45) is 0 Å². The van der Waals surface area contributed by atoms with Crippen molar-refractivity contribution < 1.29 is 19.0 Å². The predicted octanol–water partition coefficient (Wildman–Crippen LogP) is 0.204. The highest BCUT2D eigenvalue weighted by molar-refractivity contribution is 5.78. The Kier molecular flexibility index (Phi) is 5.19. The SMILES string of the molecule is C[C@@H]1CNCCN1CC(=O)NCCOc1ccc2c(c1)OCO2. The number of piperazine rings is 1. The van der Waals surface area contributed by atoms with Gasteiger partial charge in [-0.2, -0.15) is 0 Å². The van der Waals surface area contributed by atoms with Crippen LogP contribution < -0.4 is 24.8 Å². The van der Waals surface area contributed by atoms with E-state index in [1.54, 1.807) is 6.07 Å². The molecular formula is C16H23N3O4. The highest BCUT2D eigenvalue weighted by Gasteiger charge is 2.20. The molecule has 2 N–H and O–H groups in total. The molecule has 1 atom stereocenters. The molecule has 0 radical (unpaired) electrons. The zero-order valence-corrected chi connectivity index (χ0v) is 13.3. The molecule has 2 aliphatic rings. The fourth-order valence-electron chi connectivity index (χ4n) is 2.68. The Balaban J connectivity index is 1.35. The molecule has 2 aliphatic heterocycles. The molecule has 0 aromatic heterocycles. The molecule has 1 fully saturated rings. The number of nitrogens with one attached hydrogen (secondary N) is 2. The summed E-state index contributed by atoms with van der Waals surface area (Å²) in [5, 5.41) is 6.20. The molecule has 1 saturated heterocycles. The quantitative estimate of drug-likeness (QED) is 0.730. The summed E-state index contributed by atoms with van der Waals surface area (Å²) in [6.07, 6.45) is 0. The summed E-state index contributed by atoms with van der Waals surface area (Å²) < 4.78 is 16.2. The highest BCUT2D eigenvalue weighted by Crippen LogP contribution is 2.34. The number of carbonyl (C=O) groups is 1. The molecule has 0 unspecified atom stereocenters. The Morgan fingerprint density at radius 3 is 3.17 bits per heavy atom. The van der Waals surface area contributed by atoms with Gasteiger partial charge in [0.2, 0.25) is 12.7 Å². The normalized spacial score (nSPS) is 20.3. The van der Waals surface area contributed by atoms with Crippen molar-refractivity contribution in [3.63, 3.8) is 0 Å². The van der Waals surface area contributed by atoms with Crippen molar-refractivity contribution in [1.82, 2.24) is 15.5 Å². The van der Waals surface area contributed by atoms with E-state index in [0.29, 0.717) is 37.2 Å². The summed E-state index contributed by atoms with van der Waals surface area (Å²) in [5.41, 5.74) is 0. The van der Waals surface area contributed by atoms with E-state index in [2.05, 4.69) is 22.5 Å². The van der Waals surface area contributed by atoms with Crippen LogP contribution in [0.3, 0.4) is 0 Å². The second kappa shape index (κ2) is 7.52. The van der Waals surface area contributed by atoms with Crippen LogP contribution in [-0.4, -0.2) is 63.0 Å². The number of rotatable bonds is 6. The largest absolute Gasteiger partial charge is 0.492 e. The summed E-state index contributed by atoms with van der Waals surface area (Å²) >= 11 is 0. The Labute approximate surface area is 135 Å². The van der Waals surface area contributed by atoms with Gasteiger partial charge in [0.15, 0.2) is 11.5 Å². The van der Waals surface area contributed by atoms with Crippen LogP contribution in [0.25, 0.3) is 0 Å². The van der Waals surface area contributed by atoms with E-state index in [-0.39, 0.29) is 12.7 Å². The summed E-state index contributed by atoms with van der Waals surface area (Å²) in [4.78, 5) is 14.1. The minimum atomic E-state index is 0.0352. The van der Waals surface area contributed by atoms with Crippen LogP contribution in [-0.2, 0) is 4.79 Å². The van der Waals surface area contributed by atoms with Crippen LogP contribution in [0.4, 0.5) is 0 Å². The minimum absolute atomic E-state index is 0.0352. The molecule has 0 saturated carbocycles. The highest BCUT2D eigenvalue weighted by atomic mass is 16.7. The summed E-state index contributed by atoms with van der Waals surface area (Å²) in [6, 6.07) is 5.84. The van der Waals surface area contributed by atoms with Crippen LogP contribution in [0.2, 0.25) is 0 Å². The Morgan fingerprint density at radius 1 is 1.43 bits per heavy atom. The van der Waals surface area contributed by atoms with Crippen molar-refractivity contribution in [2.75, 3.05) is 46.1 Å². The van der Waals surface area contributed by atoms with Gasteiger partial charge in [-0.15, -0.1) is 0 Å². The fourth-order valence-corrected chi connectivity index (χ4v) is 2.68. The molecular weight excluding hydrogens is 298 g/mol. The third-order valence-corrected chi connectivity index (χ3v) is 4.02. The maximum Gasteiger partial charge on any atom is 0.234 e. The van der Waals surface area contributed by atoms with Gasteiger partial charge in [0.05, 0.1) is 13.1 Å². The second-order valence-electron chi connectivity index (χ2n) is 5.74. The number of nitrogens with zero attached hydrogens (tertiary/aromatic N) is 1. The van der Waals surface area contributed by atoms with E-state index in [4.69, 9.17) is 14.2 Å². The molecule has 1 amide bonds. The van der Waals surface area contributed by atoms with Crippen LogP contribution in [0.5, 0.6) is 17.2 Å². The lowest BCUT2D eigenvalue weighted by atomic mass is 10.2. The summed E-state index contributed by atoms with van der Waals surface area (Å²) in [6.45, 7) is 6.48. The molecule has 23 heavy (non-hydrogen) atoms. The topological polar surface area (TPSA) is 72.1 Å². The average Bonchev–Trinajstić information content (AvgIpc) is 3.01. The van der Waals surface area contributed by atoms with E-state index in [0.717, 1.165) is 25.4 Å². The molecule has 0 bridgehead atoms. The zero-order chi connectivity index (χ0) is 16.1. The Morgan fingerprint density at radius 2 is 2.30 bits per heavy atom. The van der Waals surface area contributed by atoms with Gasteiger partial charge in [0.1, 0.15) is 12.4 Å². The van der Waals surface area contributed by atoms with E-state index in [1.165, 1.54) is 0 Å². The molecule has 0 aliphatic carbocycles. The zero-order valence-electron chi connectivity index (χ0n) is 13.3. The van der Waals surface area contributed by atoms with Gasteiger partial charge in [-0.05, 0) is 19.1 Å². The number of benzene rings is 1. The van der Waals surface area contributed by atoms with Gasteiger partial charge in [-0.25, -0.2) is 0 Å². The first-order valence-corrected chi connectivity index (χ1v) is 7.96. The van der Waals surface area contributed by atoms with E-state index in [1.807, 2.05) is 12.1 Å². The Bertz CT molecular complexity index is 552. The molecule has 126 valence electrons. The first kappa shape index (κ1) is 15.9. The third-order valence-electron chi connectivity index (χ3n) is 4.02. The second-order valence-corrected chi connectivity index (χ2v) is 5.74. The minimum Gasteiger partial charge on any atom is -0.492 e. The lowest BCUT2D eigenvalue weighted by molar-refractivity contribution is -0.123. The molecule has 7 heteroatoms. The Hall–Kier alpha value is -1.99. The van der Waals surface area contributed by atoms with Gasteiger partial charge in [-0.3, -0.25) is 9.69 Å². The molecule has 3 rings (SSSR count). The molecule has 2 heterocycles. The first-order chi connectivity index (χ1) is 11.2. The fraction of sp³-hybridized carbons (Fsp3) is 0.562. The maximum absolute atomic E-state index is 12.0. The maximum atomic E-state index is 12.0. The molecule has 1 aromatic carbocycles. The van der Waals surface area contributed by atoms with E-state index >= 15 is 0 Å². The van der Waals surface area contributed by atoms with Crippen molar-refractivity contribution in [3.05, 3.63) is 18.2 Å². The van der Waals surface area contributed by atoms with Crippen LogP contribution in [0.15, 0.2) is 18.2 Å². The van der Waals surface area contributed by atoms with Crippen molar-refractivity contribution in [1.29, 1.82) is 0 Å². The number of carbonyl (C=O) groups excluding carboxylic acids is 1. The number of fused-ring (bicyclic) bond motifs is 1. The van der Waals surface area contributed by atoms with Gasteiger partial charge in [0.25, 0.3) is 0 Å². The van der Waals surface area contributed by atoms with Gasteiger partial charge in [-0.1, -0.05) is 0 Å². The molecule has 7 nitrogen and oxygen atoms in total. The van der Waals surface area contributed by atoms with E-state index in [9.17, 15) is 4.79 Å². The molecule has 0 spiro atoms. The average molecular weight is 321 g/mol. The summed E-state index contributed by atoms with van der Waals surface area (Å²) in [5.74, 6) is 2.17. The lowest BCUT2D eigenvalue weighted by Gasteiger charge is -2.33. The number of hydrogen-bond donors (Lipinski definition) is 2.